The summed E-state index contributed by atoms with van der Waals surface area (Å²) in [7, 11) is 0. The molecule has 0 aliphatic heterocycles. The maximum atomic E-state index is 5.95. The average molecular weight is 235 g/mol. The summed E-state index contributed by atoms with van der Waals surface area (Å²) in [6, 6.07) is 0. The largest absolute Gasteiger partial charge is 0.395 e. The summed E-state index contributed by atoms with van der Waals surface area (Å²) in [6.07, 6.45) is 4.04. The van der Waals surface area contributed by atoms with Crippen molar-refractivity contribution in [3.8, 4) is 11.3 Å². The normalized spacial score (nSPS) is 11.3. The van der Waals surface area contributed by atoms with E-state index in [2.05, 4.69) is 17.2 Å². The molecule has 0 saturated carbocycles. The predicted octanol–water partition coefficient (Wildman–Crippen LogP) is 2.69. The van der Waals surface area contributed by atoms with Crippen molar-refractivity contribution in [2.75, 3.05) is 5.73 Å². The van der Waals surface area contributed by atoms with Crippen LogP contribution < -0.4 is 5.73 Å². The third-order valence-electron chi connectivity index (χ3n) is 2.45. The summed E-state index contributed by atoms with van der Waals surface area (Å²) < 4.78 is 11.0. The summed E-state index contributed by atoms with van der Waals surface area (Å²) in [4.78, 5) is 1.12. The molecule has 82 valence electrons. The Balaban J connectivity index is 2.28. The van der Waals surface area contributed by atoms with E-state index in [9.17, 15) is 0 Å². The highest BCUT2D eigenvalue weighted by Gasteiger charge is 2.19. The molecule has 0 bridgehead atoms. The Morgan fingerprint density at radius 2 is 2.38 bits per heavy atom. The van der Waals surface area contributed by atoms with Gasteiger partial charge in [-0.05, 0) is 6.42 Å². The van der Waals surface area contributed by atoms with Crippen LogP contribution in [-0.4, -0.2) is 10.3 Å². The zero-order valence-electron chi connectivity index (χ0n) is 8.56. The Morgan fingerprint density at radius 1 is 1.50 bits per heavy atom. The Kier molecular flexibility index (Phi) is 1.97. The first kappa shape index (κ1) is 9.41. The summed E-state index contributed by atoms with van der Waals surface area (Å²) in [6.45, 7) is 2.06. The smallest absolute Gasteiger partial charge is 0.201 e. The Morgan fingerprint density at radius 3 is 3.06 bits per heavy atom. The third kappa shape index (κ3) is 1.16. The summed E-state index contributed by atoms with van der Waals surface area (Å²) in [5, 5.41) is 7.64. The number of hydrogen-bond acceptors (Lipinski definition) is 6. The van der Waals surface area contributed by atoms with E-state index in [0.717, 1.165) is 27.3 Å². The van der Waals surface area contributed by atoms with E-state index < -0.39 is 0 Å². The van der Waals surface area contributed by atoms with Gasteiger partial charge in [0.05, 0.1) is 17.4 Å². The van der Waals surface area contributed by atoms with Gasteiger partial charge < -0.3 is 14.8 Å². The number of anilines is 1. The van der Waals surface area contributed by atoms with E-state index in [0.29, 0.717) is 11.3 Å². The van der Waals surface area contributed by atoms with Crippen LogP contribution in [0.5, 0.6) is 0 Å². The van der Waals surface area contributed by atoms with E-state index in [1.807, 2.05) is 0 Å². The minimum atomic E-state index is 0.665. The highest BCUT2D eigenvalue weighted by Crippen LogP contribution is 2.39. The lowest BCUT2D eigenvalue weighted by molar-refractivity contribution is 0.420. The highest BCUT2D eigenvalue weighted by atomic mass is 32.1. The maximum absolute atomic E-state index is 5.95. The fourth-order valence-electron chi connectivity index (χ4n) is 1.62. The SMILES string of the molecule is CCc1sc2c(-c3cnoc3)noc2c1N. The fraction of sp³-hybridized carbons (Fsp3) is 0.200. The van der Waals surface area contributed by atoms with Crippen LogP contribution in [-0.2, 0) is 6.42 Å². The van der Waals surface area contributed by atoms with Crippen molar-refractivity contribution < 1.29 is 9.05 Å². The first-order valence-corrected chi connectivity index (χ1v) is 5.69. The average Bonchev–Trinajstić information content (AvgIpc) is 2.96. The van der Waals surface area contributed by atoms with E-state index in [4.69, 9.17) is 14.8 Å². The number of fused-ring (bicyclic) bond motifs is 1. The summed E-state index contributed by atoms with van der Waals surface area (Å²) in [5.74, 6) is 0. The van der Waals surface area contributed by atoms with E-state index in [1.54, 1.807) is 23.8 Å². The predicted molar refractivity (Wildman–Crippen MR) is 61.2 cm³/mol. The number of nitrogens with two attached hydrogens (primary N) is 1. The number of rotatable bonds is 2. The molecule has 0 spiro atoms. The van der Waals surface area contributed by atoms with Gasteiger partial charge in [-0.1, -0.05) is 17.2 Å². The van der Waals surface area contributed by atoms with E-state index >= 15 is 0 Å². The Labute approximate surface area is 94.8 Å². The van der Waals surface area contributed by atoms with Crippen LogP contribution in [0, 0.1) is 0 Å². The molecule has 0 unspecified atom stereocenters. The van der Waals surface area contributed by atoms with Crippen molar-refractivity contribution in [1.29, 1.82) is 0 Å². The molecule has 0 fully saturated rings. The molecule has 6 heteroatoms. The van der Waals surface area contributed by atoms with Crippen LogP contribution in [0.1, 0.15) is 11.8 Å². The molecule has 0 aliphatic carbocycles. The summed E-state index contributed by atoms with van der Waals surface area (Å²) >= 11 is 1.60. The van der Waals surface area contributed by atoms with Gasteiger partial charge in [0.15, 0.2) is 0 Å². The number of nitrogen functional groups attached to an aromatic ring is 1. The van der Waals surface area contributed by atoms with Crippen LogP contribution in [0.4, 0.5) is 5.69 Å². The molecule has 0 aromatic carbocycles. The molecule has 0 radical (unpaired) electrons. The molecule has 5 nitrogen and oxygen atoms in total. The van der Waals surface area contributed by atoms with Crippen LogP contribution in [0.25, 0.3) is 21.5 Å². The van der Waals surface area contributed by atoms with Gasteiger partial charge >= 0.3 is 0 Å². The maximum Gasteiger partial charge on any atom is 0.201 e. The quantitative estimate of drug-likeness (QED) is 0.738. The highest BCUT2D eigenvalue weighted by molar-refractivity contribution is 7.20. The van der Waals surface area contributed by atoms with Gasteiger partial charge in [0.2, 0.25) is 5.58 Å². The lowest BCUT2D eigenvalue weighted by atomic mass is 10.2. The first-order valence-electron chi connectivity index (χ1n) is 4.87. The second-order valence-electron chi connectivity index (χ2n) is 3.40. The molecule has 2 N–H and O–H groups in total. The second-order valence-corrected chi connectivity index (χ2v) is 4.50. The molecular formula is C10H9N3O2S. The van der Waals surface area contributed by atoms with Crippen LogP contribution >= 0.6 is 11.3 Å². The van der Waals surface area contributed by atoms with Crippen LogP contribution in [0.2, 0.25) is 0 Å². The van der Waals surface area contributed by atoms with Gasteiger partial charge in [-0.2, -0.15) is 0 Å². The standard InChI is InChI=1S/C10H9N3O2S/c1-2-6-7(11)9-10(16-6)8(13-15-9)5-3-12-14-4-5/h3-4H,2,11H2,1H3. The van der Waals surface area contributed by atoms with Crippen LogP contribution in [0.3, 0.4) is 0 Å². The van der Waals surface area contributed by atoms with Gasteiger partial charge in [-0.3, -0.25) is 0 Å². The van der Waals surface area contributed by atoms with Crippen molar-refractivity contribution >= 4 is 27.3 Å². The Bertz CT molecular complexity index is 624. The van der Waals surface area contributed by atoms with Gasteiger partial charge in [-0.25, -0.2) is 0 Å². The number of nitrogens with zero attached hydrogens (tertiary/aromatic N) is 2. The van der Waals surface area contributed by atoms with Crippen molar-refractivity contribution in [2.45, 2.75) is 13.3 Å². The lowest BCUT2D eigenvalue weighted by Crippen LogP contribution is -1.85. The second kappa shape index (κ2) is 3.34. The van der Waals surface area contributed by atoms with Gasteiger partial charge in [0, 0.05) is 4.88 Å². The molecule has 3 heterocycles. The number of aryl methyl sites for hydroxylation is 1. The molecule has 0 aliphatic rings. The zero-order chi connectivity index (χ0) is 11.1. The topological polar surface area (TPSA) is 78.1 Å². The molecule has 3 aromatic heterocycles. The van der Waals surface area contributed by atoms with Gasteiger partial charge in [-0.15, -0.1) is 11.3 Å². The molecule has 0 amide bonds. The Hall–Kier alpha value is -1.82. The van der Waals surface area contributed by atoms with E-state index in [-0.39, 0.29) is 0 Å². The number of thiophene rings is 1. The van der Waals surface area contributed by atoms with Gasteiger partial charge in [0.1, 0.15) is 16.7 Å². The van der Waals surface area contributed by atoms with Crippen molar-refractivity contribution in [1.82, 2.24) is 10.3 Å². The van der Waals surface area contributed by atoms with Crippen LogP contribution in [0.15, 0.2) is 21.5 Å². The molecule has 3 aromatic rings. The molecule has 0 saturated heterocycles. The zero-order valence-corrected chi connectivity index (χ0v) is 9.37. The first-order chi connectivity index (χ1) is 7.81. The minimum Gasteiger partial charge on any atom is -0.395 e. The van der Waals surface area contributed by atoms with Gasteiger partial charge in [0.25, 0.3) is 0 Å². The molecule has 16 heavy (non-hydrogen) atoms. The molecular weight excluding hydrogens is 226 g/mol. The van der Waals surface area contributed by atoms with Crippen molar-refractivity contribution in [3.05, 3.63) is 17.3 Å². The van der Waals surface area contributed by atoms with Crippen molar-refractivity contribution in [2.24, 2.45) is 0 Å². The fourth-order valence-corrected chi connectivity index (χ4v) is 2.71. The lowest BCUT2D eigenvalue weighted by Gasteiger charge is -1.89. The number of aromatic nitrogens is 2. The minimum absolute atomic E-state index is 0.665. The monoisotopic (exact) mass is 235 g/mol. The number of hydrogen-bond donors (Lipinski definition) is 1. The van der Waals surface area contributed by atoms with Crippen molar-refractivity contribution in [3.63, 3.8) is 0 Å². The van der Waals surface area contributed by atoms with E-state index in [1.165, 1.54) is 0 Å². The summed E-state index contributed by atoms with van der Waals surface area (Å²) in [5.41, 5.74) is 8.86. The third-order valence-corrected chi connectivity index (χ3v) is 3.78. The molecule has 3 rings (SSSR count). The molecule has 0 atom stereocenters.